The van der Waals surface area contributed by atoms with Crippen LogP contribution in [0, 0.1) is 11.8 Å². The summed E-state index contributed by atoms with van der Waals surface area (Å²) in [5.41, 5.74) is -11.0. The molecule has 0 unspecified atom stereocenters. The Balaban J connectivity index is 2.84. The predicted molar refractivity (Wildman–Crippen MR) is 124 cm³/mol. The summed E-state index contributed by atoms with van der Waals surface area (Å²) in [6.45, 7) is 5.45. The van der Waals surface area contributed by atoms with E-state index in [1.807, 2.05) is 0 Å². The molecule has 7 nitrogen and oxygen atoms in total. The maximum absolute atomic E-state index is 13.8. The predicted octanol–water partition coefficient (Wildman–Crippen LogP) is 3.97. The lowest BCUT2D eigenvalue weighted by atomic mass is 10.0. The fraction of sp³-hybridized carbons (Fsp3) is 0.700. The van der Waals surface area contributed by atoms with Gasteiger partial charge in [-0.15, -0.1) is 0 Å². The van der Waals surface area contributed by atoms with Crippen molar-refractivity contribution >= 4 is 34.6 Å². The Bertz CT molecular complexity index is 1030. The molecule has 0 spiro atoms. The van der Waals surface area contributed by atoms with Gasteiger partial charge in [-0.1, -0.05) is 63.8 Å². The van der Waals surface area contributed by atoms with Crippen LogP contribution in [0.25, 0.3) is 0 Å². The average Bonchev–Trinajstić information content (AvgIpc) is 2.69. The van der Waals surface area contributed by atoms with E-state index in [4.69, 9.17) is 0 Å². The van der Waals surface area contributed by atoms with Crippen LogP contribution in [0.5, 0.6) is 0 Å². The smallest absolute Gasteiger partial charge is 0.296 e. The fourth-order valence-electron chi connectivity index (χ4n) is 4.41. The van der Waals surface area contributed by atoms with Gasteiger partial charge < -0.3 is 0 Å². The van der Waals surface area contributed by atoms with Crippen molar-refractivity contribution in [3.8, 4) is 0 Å². The molecule has 16 heteroatoms. The first-order chi connectivity index (χ1) is 16.2. The zero-order valence-electron chi connectivity index (χ0n) is 20.5. The molecule has 0 amide bonds. The zero-order chi connectivity index (χ0) is 27.9. The van der Waals surface area contributed by atoms with E-state index in [1.54, 1.807) is 30.3 Å². The fourth-order valence-corrected chi connectivity index (χ4v) is 13.1. The second-order valence-corrected chi connectivity index (χ2v) is 16.3. The van der Waals surface area contributed by atoms with E-state index < -0.39 is 69.6 Å². The van der Waals surface area contributed by atoms with Crippen LogP contribution in [0.15, 0.2) is 30.3 Å². The van der Waals surface area contributed by atoms with Gasteiger partial charge in [0.1, 0.15) is 0 Å². The largest absolute Gasteiger partial charge is 0.516 e. The quantitative estimate of drug-likeness (QED) is 0.376. The molecule has 1 aromatic carbocycles. The van der Waals surface area contributed by atoms with Crippen molar-refractivity contribution in [2.24, 2.45) is 11.8 Å². The van der Waals surface area contributed by atoms with Crippen LogP contribution in [0.3, 0.4) is 0 Å². The second-order valence-electron chi connectivity index (χ2n) is 9.50. The number of benzene rings is 1. The van der Waals surface area contributed by atoms with Crippen LogP contribution in [-0.4, -0.2) is 79.1 Å². The molecule has 0 aliphatic carbocycles. The summed E-state index contributed by atoms with van der Waals surface area (Å²) in [5, 5.41) is 0. The summed E-state index contributed by atoms with van der Waals surface area (Å²) in [6, 6.07) is 5.72. The molecular formula is C20H30AlF6N3O4S2. The first kappa shape index (κ1) is 31.3. The van der Waals surface area contributed by atoms with Gasteiger partial charge in [0.25, 0.3) is 20.0 Å². The van der Waals surface area contributed by atoms with E-state index in [2.05, 4.69) is 0 Å². The Hall–Kier alpha value is -0.888. The number of hydrogen-bond acceptors (Lipinski definition) is 5. The van der Waals surface area contributed by atoms with Gasteiger partial charge in [-0.25, -0.2) is 16.8 Å². The molecule has 1 fully saturated rings. The first-order valence-electron chi connectivity index (χ1n) is 11.2. The summed E-state index contributed by atoms with van der Waals surface area (Å²) in [4.78, 5) is 1.53. The highest BCUT2D eigenvalue weighted by molar-refractivity contribution is 7.93. The molecule has 206 valence electrons. The van der Waals surface area contributed by atoms with Crippen LogP contribution in [-0.2, 0) is 26.6 Å². The Morgan fingerprint density at radius 1 is 0.806 bits per heavy atom. The molecule has 1 saturated heterocycles. The van der Waals surface area contributed by atoms with E-state index in [0.29, 0.717) is 5.56 Å². The van der Waals surface area contributed by atoms with E-state index in [-0.39, 0.29) is 26.2 Å². The summed E-state index contributed by atoms with van der Waals surface area (Å²) in [5.74, 6) is -0.632. The highest BCUT2D eigenvalue weighted by atomic mass is 32.2. The maximum atomic E-state index is 13.8. The summed E-state index contributed by atoms with van der Waals surface area (Å²) < 4.78 is 134. The minimum absolute atomic E-state index is 0.0352. The van der Waals surface area contributed by atoms with E-state index in [9.17, 15) is 43.2 Å². The van der Waals surface area contributed by atoms with Crippen molar-refractivity contribution in [1.82, 2.24) is 11.5 Å². The molecule has 2 atom stereocenters. The molecule has 36 heavy (non-hydrogen) atoms. The van der Waals surface area contributed by atoms with Crippen molar-refractivity contribution in [3.05, 3.63) is 35.9 Å². The summed E-state index contributed by atoms with van der Waals surface area (Å²) in [6.07, 6.45) is 0. The van der Waals surface area contributed by atoms with Crippen molar-refractivity contribution < 1.29 is 43.2 Å². The highest BCUT2D eigenvalue weighted by Gasteiger charge is 2.63. The van der Waals surface area contributed by atoms with Crippen LogP contribution < -0.4 is 0 Å². The minimum Gasteiger partial charge on any atom is -0.296 e. The summed E-state index contributed by atoms with van der Waals surface area (Å²) in [7, 11) is -12.3. The van der Waals surface area contributed by atoms with Crippen LogP contribution in [0.4, 0.5) is 26.3 Å². The molecule has 1 aliphatic rings. The highest BCUT2D eigenvalue weighted by Crippen LogP contribution is 2.38. The third-order valence-corrected chi connectivity index (χ3v) is 14.8. The lowest BCUT2D eigenvalue weighted by Crippen LogP contribution is -2.70. The standard InChI is InChI=1S/C19H27F6N3O4S2.CH3.Al/c1-13(2)16(26-33(29,30)18(20,21)22)11-28(10-15-8-6-5-7-9-15)12-17(14(3)4)27-34(31,32)19(23,24)25;;/h5-9,13-14,16-17H,10-12H2,1-4H3;1H3;/q-2;;+2/t16-,17-;;/m1../s1. The van der Waals surface area contributed by atoms with Crippen LogP contribution >= 0.6 is 0 Å². The lowest BCUT2D eigenvalue weighted by Gasteiger charge is -2.48. The second kappa shape index (κ2) is 11.1. The summed E-state index contributed by atoms with van der Waals surface area (Å²) >= 11 is -4.16. The number of nitrogens with zero attached hydrogens (tertiary/aromatic N) is 3. The van der Waals surface area contributed by atoms with Crippen LogP contribution in [0.1, 0.15) is 33.3 Å². The molecule has 2 rings (SSSR count). The van der Waals surface area contributed by atoms with Gasteiger partial charge in [0, 0.05) is 31.7 Å². The van der Waals surface area contributed by atoms with E-state index in [0.717, 1.165) is 5.79 Å². The van der Waals surface area contributed by atoms with Crippen LogP contribution in [0.2, 0.25) is 5.79 Å². The molecule has 0 N–H and O–H groups in total. The molecule has 1 aromatic rings. The molecule has 0 bridgehead atoms. The molecule has 0 saturated carbocycles. The van der Waals surface area contributed by atoms with Gasteiger partial charge in [-0.2, -0.15) is 26.3 Å². The van der Waals surface area contributed by atoms with Gasteiger partial charge in [-0.05, 0) is 17.4 Å². The van der Waals surface area contributed by atoms with Crippen molar-refractivity contribution in [3.63, 3.8) is 0 Å². The van der Waals surface area contributed by atoms with Gasteiger partial charge in [0.15, 0.2) is 0 Å². The number of hydrogen-bond donors (Lipinski definition) is 0. The number of rotatable bonds is 6. The normalized spacial score (nSPS) is 22.8. The minimum atomic E-state index is -6.17. The Kier molecular flexibility index (Phi) is 9.64. The molecule has 0 radical (unpaired) electrons. The van der Waals surface area contributed by atoms with E-state index in [1.165, 1.54) is 32.6 Å². The van der Waals surface area contributed by atoms with Gasteiger partial charge >= 0.3 is 25.6 Å². The number of alkyl halides is 6. The third kappa shape index (κ3) is 6.39. The topological polar surface area (TPSA) is 78.0 Å². The monoisotopic (exact) mass is 581 g/mol. The molecule has 1 aliphatic heterocycles. The average molecular weight is 582 g/mol. The first-order valence-corrected chi connectivity index (χ1v) is 16.3. The zero-order valence-corrected chi connectivity index (χ0v) is 23.2. The van der Waals surface area contributed by atoms with E-state index >= 15 is 0 Å². The Morgan fingerprint density at radius 2 is 1.17 bits per heavy atom. The maximum Gasteiger partial charge on any atom is 0.516 e. The van der Waals surface area contributed by atoms with Crippen molar-refractivity contribution in [2.45, 2.75) is 63.1 Å². The van der Waals surface area contributed by atoms with Gasteiger partial charge in [0.05, 0.1) is 0 Å². The van der Waals surface area contributed by atoms with Crippen molar-refractivity contribution in [2.75, 3.05) is 13.1 Å². The molecule has 1 heterocycles. The van der Waals surface area contributed by atoms with Gasteiger partial charge in [0.2, 0.25) is 0 Å². The Morgan fingerprint density at radius 3 is 1.47 bits per heavy atom. The van der Waals surface area contributed by atoms with Gasteiger partial charge in [-0.3, -0.25) is 11.5 Å². The lowest BCUT2D eigenvalue weighted by molar-refractivity contribution is -0.0508. The number of sulfonamides is 2. The molecule has 0 aromatic heterocycles. The Labute approximate surface area is 213 Å². The molecular weight excluding hydrogens is 551 g/mol. The number of halogens is 6. The SMILES string of the molecule is CC(C)[C@H]1CN(Cc2ccccc2)C[C@H](C(C)C)[N](S(=O)(=O)C(F)(F)F)[Al]([CH3])[N]1S(=O)(=O)C(F)(F)F. The third-order valence-electron chi connectivity index (χ3n) is 6.21. The van der Waals surface area contributed by atoms with Crippen molar-refractivity contribution in [1.29, 1.82) is 0 Å².